The fourth-order valence-electron chi connectivity index (χ4n) is 3.79. The van der Waals surface area contributed by atoms with Gasteiger partial charge in [0.25, 0.3) is 0 Å². The minimum Gasteiger partial charge on any atom is -0.316 e. The maximum absolute atomic E-state index is 14.1. The summed E-state index contributed by atoms with van der Waals surface area (Å²) in [6.45, 7) is 1.07. The van der Waals surface area contributed by atoms with Crippen LogP contribution in [0.1, 0.15) is 63.0 Å². The first kappa shape index (κ1) is 23.7. The zero-order chi connectivity index (χ0) is 21.7. The van der Waals surface area contributed by atoms with Crippen molar-refractivity contribution in [3.05, 3.63) is 47.0 Å². The van der Waals surface area contributed by atoms with Gasteiger partial charge >= 0.3 is 12.3 Å². The molecule has 1 saturated carbocycles. The smallest absolute Gasteiger partial charge is 0.316 e. The van der Waals surface area contributed by atoms with Crippen LogP contribution in [-0.2, 0) is 17.5 Å². The first-order valence-corrected chi connectivity index (χ1v) is 9.70. The van der Waals surface area contributed by atoms with E-state index in [0.717, 1.165) is 25.7 Å². The monoisotopic (exact) mass is 426 g/mol. The quantitative estimate of drug-likeness (QED) is 0.306. The van der Waals surface area contributed by atoms with E-state index in [1.807, 2.05) is 13.0 Å². The van der Waals surface area contributed by atoms with Gasteiger partial charge in [-0.05, 0) is 62.1 Å². The molecule has 0 saturated heterocycles. The highest BCUT2D eigenvalue weighted by Crippen LogP contribution is 2.38. The lowest BCUT2D eigenvalue weighted by Gasteiger charge is -2.30. The molecule has 1 aliphatic carbocycles. The second kappa shape index (κ2) is 9.96. The molecule has 0 aromatic heterocycles. The third kappa shape index (κ3) is 7.32. The van der Waals surface area contributed by atoms with Crippen LogP contribution in [0.5, 0.6) is 0 Å². The molecule has 1 aromatic carbocycles. The highest BCUT2D eigenvalue weighted by molar-refractivity contribution is 5.28. The van der Waals surface area contributed by atoms with Crippen LogP contribution in [0.2, 0.25) is 0 Å². The van der Waals surface area contributed by atoms with Crippen LogP contribution in [-0.4, -0.2) is 6.11 Å². The van der Waals surface area contributed by atoms with E-state index in [2.05, 4.69) is 10.8 Å². The molecule has 0 bridgehead atoms. The third-order valence-electron chi connectivity index (χ3n) is 5.31. The van der Waals surface area contributed by atoms with Crippen molar-refractivity contribution in [2.75, 3.05) is 0 Å². The minimum absolute atomic E-state index is 0.218. The highest BCUT2D eigenvalue weighted by Gasteiger charge is 2.39. The van der Waals surface area contributed by atoms with Crippen LogP contribution in [0.25, 0.3) is 0 Å². The molecule has 0 amide bonds. The number of rotatable bonds is 8. The van der Waals surface area contributed by atoms with Crippen molar-refractivity contribution in [3.8, 4) is 0 Å². The van der Waals surface area contributed by atoms with Gasteiger partial charge in [-0.2, -0.15) is 22.0 Å². The van der Waals surface area contributed by atoms with Gasteiger partial charge in [0.2, 0.25) is 0 Å². The van der Waals surface area contributed by atoms with Crippen LogP contribution < -0.4 is 0 Å². The summed E-state index contributed by atoms with van der Waals surface area (Å²) in [5.41, 5.74) is -2.46. The molecule has 1 aliphatic rings. The van der Waals surface area contributed by atoms with Gasteiger partial charge in [-0.15, -0.1) is 0 Å². The van der Waals surface area contributed by atoms with Crippen LogP contribution >= 0.6 is 0 Å². The van der Waals surface area contributed by atoms with Crippen LogP contribution in [0.15, 0.2) is 24.3 Å². The number of alkyl halides is 5. The molecule has 1 fully saturated rings. The van der Waals surface area contributed by atoms with Gasteiger partial charge in [0.15, 0.2) is 0 Å². The molecule has 1 nitrogen and oxygen atoms in total. The van der Waals surface area contributed by atoms with Gasteiger partial charge in [-0.1, -0.05) is 25.0 Å². The molecule has 0 N–H and O–H groups in total. The summed E-state index contributed by atoms with van der Waals surface area (Å²) in [4.78, 5) is 0. The first-order chi connectivity index (χ1) is 13.5. The van der Waals surface area contributed by atoms with E-state index in [0.29, 0.717) is 30.9 Å². The Labute approximate surface area is 165 Å². The van der Waals surface area contributed by atoms with Gasteiger partial charge in [-0.3, -0.25) is 0 Å². The van der Waals surface area contributed by atoms with Crippen LogP contribution in [0.3, 0.4) is 0 Å². The average molecular weight is 426 g/mol. The summed E-state index contributed by atoms with van der Waals surface area (Å²) in [6, 6.07) is 0.746. The predicted octanol–water partition coefficient (Wildman–Crippen LogP) is 7.65. The normalized spacial score (nSPS) is 21.1. The lowest BCUT2D eigenvalue weighted by molar-refractivity contribution is -0.256. The van der Waals surface area contributed by atoms with Crippen molar-refractivity contribution in [2.24, 2.45) is 11.8 Å². The number of ether oxygens (including phenoxy) is 1. The zero-order valence-corrected chi connectivity index (χ0v) is 16.2. The minimum atomic E-state index is -5.21. The molecule has 0 heterocycles. The molecule has 0 radical (unpaired) electrons. The second-order valence-electron chi connectivity index (χ2n) is 7.60. The molecule has 29 heavy (non-hydrogen) atoms. The van der Waals surface area contributed by atoms with Gasteiger partial charge in [-0.25, -0.2) is 8.78 Å². The highest BCUT2D eigenvalue weighted by atomic mass is 19.4. The van der Waals surface area contributed by atoms with Crippen molar-refractivity contribution in [1.82, 2.24) is 0 Å². The van der Waals surface area contributed by atoms with Crippen molar-refractivity contribution in [1.29, 1.82) is 0 Å². The Morgan fingerprint density at radius 1 is 0.966 bits per heavy atom. The van der Waals surface area contributed by atoms with Gasteiger partial charge in [0, 0.05) is 6.42 Å². The van der Waals surface area contributed by atoms with Gasteiger partial charge in [0.05, 0.1) is 6.61 Å². The SMILES string of the molecule is C/C=C/CC[C@H]1CC[C@H](CC(F)(F)OCc2cc(F)c(C(F)(F)F)c(F)c2)CC1. The van der Waals surface area contributed by atoms with Crippen LogP contribution in [0.4, 0.5) is 30.7 Å². The van der Waals surface area contributed by atoms with E-state index in [9.17, 15) is 30.7 Å². The maximum atomic E-state index is 14.1. The molecule has 0 aliphatic heterocycles. The summed E-state index contributed by atoms with van der Waals surface area (Å²) < 4.78 is 97.5. The van der Waals surface area contributed by atoms with E-state index < -0.39 is 48.1 Å². The number of benzene rings is 1. The Morgan fingerprint density at radius 2 is 1.52 bits per heavy atom. The molecule has 0 atom stereocenters. The lowest BCUT2D eigenvalue weighted by Crippen LogP contribution is -2.27. The van der Waals surface area contributed by atoms with Gasteiger partial charge < -0.3 is 4.74 Å². The van der Waals surface area contributed by atoms with Crippen LogP contribution in [0, 0.1) is 23.5 Å². The molecule has 2 rings (SSSR count). The molecule has 0 spiro atoms. The van der Waals surface area contributed by atoms with Gasteiger partial charge in [0.1, 0.15) is 17.2 Å². The fourth-order valence-corrected chi connectivity index (χ4v) is 3.79. The maximum Gasteiger partial charge on any atom is 0.422 e. The van der Waals surface area contributed by atoms with E-state index >= 15 is 0 Å². The summed E-state index contributed by atoms with van der Waals surface area (Å²) in [5, 5.41) is 0. The van der Waals surface area contributed by atoms with Crippen molar-refractivity contribution in [3.63, 3.8) is 0 Å². The van der Waals surface area contributed by atoms with Crippen molar-refractivity contribution in [2.45, 2.75) is 70.8 Å². The number of hydrogen-bond acceptors (Lipinski definition) is 1. The molecule has 164 valence electrons. The Kier molecular flexibility index (Phi) is 8.14. The molecule has 0 unspecified atom stereocenters. The predicted molar refractivity (Wildman–Crippen MR) is 95.2 cm³/mol. The number of halogens is 7. The number of allylic oxidation sites excluding steroid dienone is 2. The Bertz CT molecular complexity index is 666. The number of hydrogen-bond donors (Lipinski definition) is 0. The Balaban J connectivity index is 1.86. The zero-order valence-electron chi connectivity index (χ0n) is 16.2. The van der Waals surface area contributed by atoms with Crippen molar-refractivity contribution >= 4 is 0 Å². The topological polar surface area (TPSA) is 9.23 Å². The standard InChI is InChI=1S/C21H25F7O/c1-2-3-4-5-14-6-8-15(9-7-14)12-20(24,25)29-13-16-10-17(22)19(18(23)11-16)21(26,27)28/h2-3,10-11,14-15H,4-9,12-13H2,1H3/b3-2+/t14-,15-. The Hall–Kier alpha value is -1.57. The molecule has 1 aromatic rings. The van der Waals surface area contributed by atoms with Crippen molar-refractivity contribution < 1.29 is 35.5 Å². The Morgan fingerprint density at radius 3 is 2.03 bits per heavy atom. The summed E-state index contributed by atoms with van der Waals surface area (Å²) in [7, 11) is 0. The molecular formula is C21H25F7O. The fraction of sp³-hybridized carbons (Fsp3) is 0.619. The van der Waals surface area contributed by atoms with E-state index in [1.165, 1.54) is 0 Å². The second-order valence-corrected chi connectivity index (χ2v) is 7.60. The molecule has 8 heteroatoms. The largest absolute Gasteiger partial charge is 0.422 e. The average Bonchev–Trinajstić information content (AvgIpc) is 2.60. The summed E-state index contributed by atoms with van der Waals surface area (Å²) in [5.74, 6) is -3.40. The van der Waals surface area contributed by atoms with E-state index in [4.69, 9.17) is 0 Å². The first-order valence-electron chi connectivity index (χ1n) is 9.70. The van der Waals surface area contributed by atoms with E-state index in [1.54, 1.807) is 0 Å². The lowest BCUT2D eigenvalue weighted by atomic mass is 9.78. The van der Waals surface area contributed by atoms with E-state index in [-0.39, 0.29) is 5.92 Å². The summed E-state index contributed by atoms with van der Waals surface area (Å²) in [6.07, 6.45) is -0.103. The third-order valence-corrected chi connectivity index (χ3v) is 5.31. The summed E-state index contributed by atoms with van der Waals surface area (Å²) >= 11 is 0. The molecular weight excluding hydrogens is 401 g/mol.